The highest BCUT2D eigenvalue weighted by molar-refractivity contribution is 5.72. The molecule has 2 aromatic carbocycles. The van der Waals surface area contributed by atoms with Crippen LogP contribution < -0.4 is 4.90 Å². The molecular formula is C26H27FN6. The first-order valence-corrected chi connectivity index (χ1v) is 11.4. The molecule has 1 aliphatic rings. The molecule has 1 aliphatic heterocycles. The van der Waals surface area contributed by atoms with Gasteiger partial charge in [-0.3, -0.25) is 15.0 Å². The Bertz CT molecular complexity index is 1180. The number of hydrogen-bond donors (Lipinski definition) is 1. The molecule has 1 saturated heterocycles. The molecule has 0 saturated carbocycles. The SMILES string of the molecule is CCc1[nH]ncc1C(c1ccccc1)N1CCN(c2nccnc2-c2ccc(F)cc2)CC1. The van der Waals surface area contributed by atoms with Gasteiger partial charge in [-0.1, -0.05) is 37.3 Å². The van der Waals surface area contributed by atoms with Gasteiger partial charge < -0.3 is 4.90 Å². The second-order valence-electron chi connectivity index (χ2n) is 8.23. The zero-order valence-corrected chi connectivity index (χ0v) is 18.7. The van der Waals surface area contributed by atoms with Gasteiger partial charge in [-0.15, -0.1) is 0 Å². The average Bonchev–Trinajstić information content (AvgIpc) is 3.34. The first-order chi connectivity index (χ1) is 16.2. The lowest BCUT2D eigenvalue weighted by atomic mass is 9.96. The first-order valence-electron chi connectivity index (χ1n) is 11.4. The van der Waals surface area contributed by atoms with Crippen molar-refractivity contribution in [2.45, 2.75) is 19.4 Å². The molecule has 6 nitrogen and oxygen atoms in total. The summed E-state index contributed by atoms with van der Waals surface area (Å²) in [6.07, 6.45) is 6.30. The topological polar surface area (TPSA) is 60.9 Å². The van der Waals surface area contributed by atoms with Crippen LogP contribution in [-0.2, 0) is 6.42 Å². The lowest BCUT2D eigenvalue weighted by Crippen LogP contribution is -2.48. The molecule has 0 amide bonds. The van der Waals surface area contributed by atoms with Crippen molar-refractivity contribution in [2.75, 3.05) is 31.1 Å². The Morgan fingerprint density at radius 1 is 0.939 bits per heavy atom. The highest BCUT2D eigenvalue weighted by Crippen LogP contribution is 2.33. The Kier molecular flexibility index (Phi) is 6.13. The molecule has 2 aromatic heterocycles. The largest absolute Gasteiger partial charge is 0.352 e. The molecule has 1 N–H and O–H groups in total. The number of nitrogens with zero attached hydrogens (tertiary/aromatic N) is 5. The highest BCUT2D eigenvalue weighted by Gasteiger charge is 2.30. The van der Waals surface area contributed by atoms with E-state index in [9.17, 15) is 4.39 Å². The molecule has 0 aliphatic carbocycles. The third-order valence-corrected chi connectivity index (χ3v) is 6.29. The summed E-state index contributed by atoms with van der Waals surface area (Å²) in [5.41, 5.74) is 5.35. The summed E-state index contributed by atoms with van der Waals surface area (Å²) >= 11 is 0. The summed E-state index contributed by atoms with van der Waals surface area (Å²) in [5, 5.41) is 7.52. The van der Waals surface area contributed by atoms with Gasteiger partial charge in [0.15, 0.2) is 5.82 Å². The number of hydrogen-bond acceptors (Lipinski definition) is 5. The highest BCUT2D eigenvalue weighted by atomic mass is 19.1. The van der Waals surface area contributed by atoms with Gasteiger partial charge in [0.2, 0.25) is 0 Å². The fourth-order valence-electron chi connectivity index (χ4n) is 4.63. The van der Waals surface area contributed by atoms with Crippen LogP contribution in [0.1, 0.15) is 29.8 Å². The van der Waals surface area contributed by atoms with Crippen LogP contribution in [0.2, 0.25) is 0 Å². The molecule has 1 unspecified atom stereocenters. The van der Waals surface area contributed by atoms with E-state index >= 15 is 0 Å². The number of nitrogens with one attached hydrogen (secondary N) is 1. The molecule has 0 radical (unpaired) electrons. The third kappa shape index (κ3) is 4.36. The van der Waals surface area contributed by atoms with Crippen LogP contribution >= 0.6 is 0 Å². The molecule has 5 rings (SSSR count). The molecule has 33 heavy (non-hydrogen) atoms. The second-order valence-corrected chi connectivity index (χ2v) is 8.23. The van der Waals surface area contributed by atoms with E-state index in [1.807, 2.05) is 6.20 Å². The van der Waals surface area contributed by atoms with E-state index in [4.69, 9.17) is 0 Å². The predicted octanol–water partition coefficient (Wildman–Crippen LogP) is 4.48. The van der Waals surface area contributed by atoms with Crippen LogP contribution in [0.25, 0.3) is 11.3 Å². The predicted molar refractivity (Wildman–Crippen MR) is 127 cm³/mol. The molecule has 0 spiro atoms. The van der Waals surface area contributed by atoms with Crippen molar-refractivity contribution >= 4 is 5.82 Å². The maximum absolute atomic E-state index is 13.4. The number of H-pyrrole nitrogens is 1. The lowest BCUT2D eigenvalue weighted by molar-refractivity contribution is 0.211. The summed E-state index contributed by atoms with van der Waals surface area (Å²) in [6.45, 7) is 5.58. The molecule has 4 aromatic rings. The number of anilines is 1. The van der Waals surface area contributed by atoms with Crippen LogP contribution in [-0.4, -0.2) is 51.2 Å². The number of halogens is 1. The Morgan fingerprint density at radius 2 is 1.67 bits per heavy atom. The van der Waals surface area contributed by atoms with Crippen LogP contribution in [0.3, 0.4) is 0 Å². The third-order valence-electron chi connectivity index (χ3n) is 6.29. The number of aryl methyl sites for hydroxylation is 1. The van der Waals surface area contributed by atoms with E-state index < -0.39 is 0 Å². The standard InChI is InChI=1S/C26H27FN6/c1-2-23-22(18-30-31-23)25(20-6-4-3-5-7-20)32-14-16-33(17-15-32)26-24(28-12-13-29-26)19-8-10-21(27)11-9-19/h3-13,18,25H,2,14-17H2,1H3,(H,30,31). The van der Waals surface area contributed by atoms with E-state index in [0.717, 1.165) is 49.7 Å². The zero-order valence-electron chi connectivity index (χ0n) is 18.7. The molecule has 1 fully saturated rings. The summed E-state index contributed by atoms with van der Waals surface area (Å²) in [4.78, 5) is 14.0. The minimum absolute atomic E-state index is 0.153. The first kappa shape index (κ1) is 21.3. The van der Waals surface area contributed by atoms with Crippen molar-refractivity contribution < 1.29 is 4.39 Å². The summed E-state index contributed by atoms with van der Waals surface area (Å²) in [7, 11) is 0. The monoisotopic (exact) mass is 442 g/mol. The van der Waals surface area contributed by atoms with E-state index in [1.54, 1.807) is 24.5 Å². The van der Waals surface area contributed by atoms with Gasteiger partial charge in [0.05, 0.1) is 12.2 Å². The van der Waals surface area contributed by atoms with Crippen molar-refractivity contribution in [2.24, 2.45) is 0 Å². The summed E-state index contributed by atoms with van der Waals surface area (Å²) in [6, 6.07) is 17.2. The van der Waals surface area contributed by atoms with Crippen molar-refractivity contribution in [1.29, 1.82) is 0 Å². The van der Waals surface area contributed by atoms with Crippen LogP contribution in [0.5, 0.6) is 0 Å². The smallest absolute Gasteiger partial charge is 0.155 e. The Balaban J connectivity index is 1.40. The van der Waals surface area contributed by atoms with Crippen molar-refractivity contribution in [3.05, 3.63) is 95.8 Å². The summed E-state index contributed by atoms with van der Waals surface area (Å²) < 4.78 is 13.4. The Morgan fingerprint density at radius 3 is 2.39 bits per heavy atom. The quantitative estimate of drug-likeness (QED) is 0.477. The van der Waals surface area contributed by atoms with Crippen molar-refractivity contribution in [3.8, 4) is 11.3 Å². The maximum atomic E-state index is 13.4. The van der Waals surface area contributed by atoms with Crippen molar-refractivity contribution in [3.63, 3.8) is 0 Å². The lowest BCUT2D eigenvalue weighted by Gasteiger charge is -2.40. The van der Waals surface area contributed by atoms with E-state index in [-0.39, 0.29) is 11.9 Å². The molecule has 0 bridgehead atoms. The maximum Gasteiger partial charge on any atom is 0.155 e. The Labute approximate surface area is 193 Å². The van der Waals surface area contributed by atoms with Crippen LogP contribution in [0.15, 0.2) is 73.2 Å². The van der Waals surface area contributed by atoms with Gasteiger partial charge in [0, 0.05) is 55.4 Å². The number of aromatic amines is 1. The van der Waals surface area contributed by atoms with E-state index in [0.29, 0.717) is 0 Å². The number of piperazine rings is 1. The van der Waals surface area contributed by atoms with E-state index in [1.165, 1.54) is 29.0 Å². The second kappa shape index (κ2) is 9.50. The van der Waals surface area contributed by atoms with Crippen LogP contribution in [0, 0.1) is 5.82 Å². The minimum Gasteiger partial charge on any atom is -0.352 e. The van der Waals surface area contributed by atoms with E-state index in [2.05, 4.69) is 67.2 Å². The average molecular weight is 443 g/mol. The molecule has 3 heterocycles. The summed E-state index contributed by atoms with van der Waals surface area (Å²) in [5.74, 6) is 0.591. The number of benzene rings is 2. The normalized spacial score (nSPS) is 15.5. The molecular weight excluding hydrogens is 415 g/mol. The Hall–Kier alpha value is -3.58. The van der Waals surface area contributed by atoms with Gasteiger partial charge in [0.1, 0.15) is 11.5 Å². The molecule has 168 valence electrons. The fourth-order valence-corrected chi connectivity index (χ4v) is 4.63. The minimum atomic E-state index is -0.254. The van der Waals surface area contributed by atoms with Crippen molar-refractivity contribution in [1.82, 2.24) is 25.1 Å². The van der Waals surface area contributed by atoms with Gasteiger partial charge in [-0.25, -0.2) is 9.37 Å². The number of aromatic nitrogens is 4. The van der Waals surface area contributed by atoms with Gasteiger partial charge in [-0.05, 0) is 36.2 Å². The van der Waals surface area contributed by atoms with Gasteiger partial charge in [0.25, 0.3) is 0 Å². The number of rotatable bonds is 6. The van der Waals surface area contributed by atoms with Gasteiger partial charge in [-0.2, -0.15) is 5.10 Å². The van der Waals surface area contributed by atoms with Gasteiger partial charge >= 0.3 is 0 Å². The fraction of sp³-hybridized carbons (Fsp3) is 0.269. The molecule has 1 atom stereocenters. The molecule has 7 heteroatoms. The zero-order chi connectivity index (χ0) is 22.6. The van der Waals surface area contributed by atoms with Crippen LogP contribution in [0.4, 0.5) is 10.2 Å².